The molecule has 1 atom stereocenters. The van der Waals surface area contributed by atoms with Crippen LogP contribution in [0.1, 0.15) is 69.4 Å². The van der Waals surface area contributed by atoms with Crippen molar-refractivity contribution in [2.45, 2.75) is 83.4 Å². The molecule has 2 aromatic carbocycles. The van der Waals surface area contributed by atoms with Crippen molar-refractivity contribution in [3.8, 4) is 11.5 Å². The maximum atomic E-state index is 14.9. The fourth-order valence-corrected chi connectivity index (χ4v) is 4.76. The van der Waals surface area contributed by atoms with Crippen molar-refractivity contribution in [1.82, 2.24) is 0 Å². The molecule has 0 spiro atoms. The average Bonchev–Trinajstić information content (AvgIpc) is 2.81. The monoisotopic (exact) mass is 538 g/mol. The van der Waals surface area contributed by atoms with Crippen molar-refractivity contribution in [1.29, 1.82) is 0 Å². The van der Waals surface area contributed by atoms with Crippen LogP contribution < -0.4 is 9.47 Å². The SMILES string of the molecule is CCCCCC1CCC(C(F)Cc2ccc(C(F)(F)Oc3cc(F)c(OC(F)(F)F)c(F)c3)cc2)CC1. The maximum absolute atomic E-state index is 14.9. The Hall–Kier alpha value is -2.52. The molecule has 206 valence electrons. The highest BCUT2D eigenvalue weighted by Gasteiger charge is 2.37. The molecule has 2 nitrogen and oxygen atoms in total. The van der Waals surface area contributed by atoms with E-state index in [1.165, 1.54) is 37.8 Å². The number of ether oxygens (including phenoxy) is 2. The number of hydrogen-bond donors (Lipinski definition) is 0. The van der Waals surface area contributed by atoms with Gasteiger partial charge in [-0.1, -0.05) is 57.6 Å². The lowest BCUT2D eigenvalue weighted by molar-refractivity contribution is -0.276. The smallest absolute Gasteiger partial charge is 0.429 e. The first-order chi connectivity index (χ1) is 17.4. The van der Waals surface area contributed by atoms with Gasteiger partial charge in [-0.3, -0.25) is 0 Å². The molecule has 0 heterocycles. The van der Waals surface area contributed by atoms with Gasteiger partial charge in [0.1, 0.15) is 11.9 Å². The molecule has 1 fully saturated rings. The molecule has 0 aromatic heterocycles. The standard InChI is InChI=1S/C27H30F8O2/c1-2-3-4-5-17-6-10-19(11-7-17)22(28)14-18-8-12-20(13-9-18)26(31,32)36-21-15-23(29)25(24(30)16-21)37-27(33,34)35/h8-9,12-13,15-17,19,22H,2-7,10-11,14H2,1H3. The zero-order valence-electron chi connectivity index (χ0n) is 20.4. The minimum absolute atomic E-state index is 0.0686. The molecule has 1 aliphatic rings. The van der Waals surface area contributed by atoms with Gasteiger partial charge in [-0.15, -0.1) is 13.2 Å². The molecule has 1 unspecified atom stereocenters. The predicted molar refractivity (Wildman–Crippen MR) is 122 cm³/mol. The number of hydrogen-bond acceptors (Lipinski definition) is 2. The van der Waals surface area contributed by atoms with Crippen molar-refractivity contribution in [2.75, 3.05) is 0 Å². The molecular formula is C27H30F8O2. The first kappa shape index (κ1) is 29.0. The van der Waals surface area contributed by atoms with E-state index in [9.17, 15) is 35.1 Å². The lowest BCUT2D eigenvalue weighted by Crippen LogP contribution is -2.25. The lowest BCUT2D eigenvalue weighted by atomic mass is 9.77. The topological polar surface area (TPSA) is 18.5 Å². The van der Waals surface area contributed by atoms with Gasteiger partial charge in [0.15, 0.2) is 11.6 Å². The van der Waals surface area contributed by atoms with E-state index >= 15 is 0 Å². The predicted octanol–water partition coefficient (Wildman–Crippen LogP) is 9.26. The number of halogens is 8. The summed E-state index contributed by atoms with van der Waals surface area (Å²) in [7, 11) is 0. The molecule has 0 N–H and O–H groups in total. The molecule has 0 saturated heterocycles. The summed E-state index contributed by atoms with van der Waals surface area (Å²) in [6.45, 7) is 2.16. The van der Waals surface area contributed by atoms with Crippen LogP contribution >= 0.6 is 0 Å². The Balaban J connectivity index is 1.57. The van der Waals surface area contributed by atoms with Crippen molar-refractivity contribution in [2.24, 2.45) is 11.8 Å². The third kappa shape index (κ3) is 8.50. The van der Waals surface area contributed by atoms with Crippen molar-refractivity contribution in [3.63, 3.8) is 0 Å². The number of unbranched alkanes of at least 4 members (excludes halogenated alkanes) is 2. The van der Waals surface area contributed by atoms with Crippen LogP contribution in [0, 0.1) is 23.5 Å². The van der Waals surface area contributed by atoms with E-state index in [4.69, 9.17) is 0 Å². The van der Waals surface area contributed by atoms with E-state index in [0.717, 1.165) is 37.8 Å². The van der Waals surface area contributed by atoms with Gasteiger partial charge in [-0.05, 0) is 42.4 Å². The molecular weight excluding hydrogens is 508 g/mol. The molecule has 0 amide bonds. The second-order valence-corrected chi connectivity index (χ2v) is 9.58. The van der Waals surface area contributed by atoms with E-state index in [1.54, 1.807) is 0 Å². The van der Waals surface area contributed by atoms with Crippen molar-refractivity contribution >= 4 is 0 Å². The molecule has 37 heavy (non-hydrogen) atoms. The summed E-state index contributed by atoms with van der Waals surface area (Å²) in [4.78, 5) is 0. The summed E-state index contributed by atoms with van der Waals surface area (Å²) >= 11 is 0. The van der Waals surface area contributed by atoms with Gasteiger partial charge in [0.05, 0.1) is 5.56 Å². The van der Waals surface area contributed by atoms with Crippen LogP contribution in [0.15, 0.2) is 36.4 Å². The van der Waals surface area contributed by atoms with E-state index in [-0.39, 0.29) is 24.5 Å². The molecule has 0 aliphatic heterocycles. The molecule has 0 radical (unpaired) electrons. The zero-order valence-corrected chi connectivity index (χ0v) is 20.4. The van der Waals surface area contributed by atoms with Gasteiger partial charge >= 0.3 is 12.5 Å². The van der Waals surface area contributed by atoms with Gasteiger partial charge in [-0.25, -0.2) is 13.2 Å². The van der Waals surface area contributed by atoms with Crippen LogP contribution in [-0.4, -0.2) is 12.5 Å². The number of alkyl halides is 6. The Bertz CT molecular complexity index is 975. The zero-order chi connectivity index (χ0) is 27.2. The highest BCUT2D eigenvalue weighted by molar-refractivity contribution is 5.36. The summed E-state index contributed by atoms with van der Waals surface area (Å²) in [6.07, 6.45) is -2.07. The van der Waals surface area contributed by atoms with E-state index in [0.29, 0.717) is 11.5 Å². The van der Waals surface area contributed by atoms with Crippen LogP contribution in [0.25, 0.3) is 0 Å². The molecule has 3 rings (SSSR count). The van der Waals surface area contributed by atoms with Gasteiger partial charge in [-0.2, -0.15) is 8.78 Å². The quantitative estimate of drug-likeness (QED) is 0.210. The molecule has 2 aromatic rings. The van der Waals surface area contributed by atoms with Gasteiger partial charge in [0.2, 0.25) is 5.75 Å². The minimum Gasteiger partial charge on any atom is -0.429 e. The molecule has 1 saturated carbocycles. The highest BCUT2D eigenvalue weighted by atomic mass is 19.4. The summed E-state index contributed by atoms with van der Waals surface area (Å²) in [5.41, 5.74) is -0.154. The highest BCUT2D eigenvalue weighted by Crippen LogP contribution is 2.38. The van der Waals surface area contributed by atoms with Crippen molar-refractivity contribution in [3.05, 3.63) is 59.2 Å². The van der Waals surface area contributed by atoms with E-state index in [2.05, 4.69) is 16.4 Å². The fourth-order valence-electron chi connectivity index (χ4n) is 4.76. The van der Waals surface area contributed by atoms with Crippen molar-refractivity contribution < 1.29 is 44.6 Å². The van der Waals surface area contributed by atoms with E-state index in [1.807, 2.05) is 0 Å². The Kier molecular flexibility index (Phi) is 9.69. The summed E-state index contributed by atoms with van der Waals surface area (Å²) in [5, 5.41) is 0. The number of benzene rings is 2. The molecule has 0 bridgehead atoms. The largest absolute Gasteiger partial charge is 0.573 e. The maximum Gasteiger partial charge on any atom is 0.573 e. The first-order valence-corrected chi connectivity index (χ1v) is 12.4. The lowest BCUT2D eigenvalue weighted by Gasteiger charge is -2.30. The van der Waals surface area contributed by atoms with Crippen LogP contribution in [0.5, 0.6) is 11.5 Å². The van der Waals surface area contributed by atoms with Gasteiger partial charge < -0.3 is 9.47 Å². The molecule has 10 heteroatoms. The fraction of sp³-hybridized carbons (Fsp3) is 0.556. The summed E-state index contributed by atoms with van der Waals surface area (Å²) in [6, 6.07) is 5.02. The Labute approximate surface area is 211 Å². The normalized spacial score (nSPS) is 19.5. The second kappa shape index (κ2) is 12.3. The third-order valence-electron chi connectivity index (χ3n) is 6.78. The van der Waals surface area contributed by atoms with Crippen LogP contribution in [0.2, 0.25) is 0 Å². The van der Waals surface area contributed by atoms with Crippen LogP contribution in [-0.2, 0) is 12.5 Å². The van der Waals surface area contributed by atoms with Gasteiger partial charge in [0, 0.05) is 18.6 Å². The van der Waals surface area contributed by atoms with Gasteiger partial charge in [0.25, 0.3) is 0 Å². The minimum atomic E-state index is -5.37. The van der Waals surface area contributed by atoms with E-state index < -0.39 is 47.3 Å². The Morgan fingerprint density at radius 1 is 0.865 bits per heavy atom. The Morgan fingerprint density at radius 3 is 2.00 bits per heavy atom. The second-order valence-electron chi connectivity index (χ2n) is 9.58. The first-order valence-electron chi connectivity index (χ1n) is 12.4. The summed E-state index contributed by atoms with van der Waals surface area (Å²) < 4.78 is 116. The van der Waals surface area contributed by atoms with Crippen LogP contribution in [0.3, 0.4) is 0 Å². The number of rotatable bonds is 11. The average molecular weight is 539 g/mol. The van der Waals surface area contributed by atoms with Crippen LogP contribution in [0.4, 0.5) is 35.1 Å². The molecule has 1 aliphatic carbocycles. The Morgan fingerprint density at radius 2 is 1.46 bits per heavy atom. The third-order valence-corrected chi connectivity index (χ3v) is 6.78. The summed E-state index contributed by atoms with van der Waals surface area (Å²) in [5.74, 6) is -5.95.